The van der Waals surface area contributed by atoms with E-state index in [4.69, 9.17) is 16.0 Å². The van der Waals surface area contributed by atoms with Gasteiger partial charge in [-0.05, 0) is 29.3 Å². The molecule has 4 aromatic rings. The van der Waals surface area contributed by atoms with Gasteiger partial charge in [-0.1, -0.05) is 84.0 Å². The van der Waals surface area contributed by atoms with Crippen LogP contribution in [0.15, 0.2) is 88.5 Å². The van der Waals surface area contributed by atoms with Crippen LogP contribution in [-0.2, 0) is 0 Å². The molecular weight excluding hydrogens is 392 g/mol. The van der Waals surface area contributed by atoms with E-state index in [1.165, 1.54) is 11.8 Å². The van der Waals surface area contributed by atoms with Gasteiger partial charge in [-0.3, -0.25) is 4.79 Å². The minimum atomic E-state index is 0.00659. The normalized spacial score (nSPS) is 10.8. The SMILES string of the molecule is O=C(CSc1nnc(-c2cccc(Cl)c2)o1)c1ccc(-c2ccccc2)cc1. The van der Waals surface area contributed by atoms with Gasteiger partial charge in [-0.25, -0.2) is 0 Å². The minimum Gasteiger partial charge on any atom is -0.411 e. The molecule has 4 rings (SSSR count). The van der Waals surface area contributed by atoms with Crippen molar-refractivity contribution >= 4 is 29.1 Å². The molecule has 0 N–H and O–H groups in total. The number of carbonyl (C=O) groups excluding carboxylic acids is 1. The summed E-state index contributed by atoms with van der Waals surface area (Å²) in [6.07, 6.45) is 0. The molecule has 0 aliphatic heterocycles. The number of halogens is 1. The summed E-state index contributed by atoms with van der Waals surface area (Å²) in [6, 6.07) is 24.8. The van der Waals surface area contributed by atoms with E-state index in [9.17, 15) is 4.79 Å². The van der Waals surface area contributed by atoms with Crippen LogP contribution in [0.5, 0.6) is 0 Å². The zero-order valence-electron chi connectivity index (χ0n) is 14.7. The summed E-state index contributed by atoms with van der Waals surface area (Å²) in [6.45, 7) is 0. The average Bonchev–Trinajstić information content (AvgIpc) is 3.22. The number of aromatic nitrogens is 2. The van der Waals surface area contributed by atoms with Gasteiger partial charge >= 0.3 is 0 Å². The summed E-state index contributed by atoms with van der Waals surface area (Å²) >= 11 is 7.20. The van der Waals surface area contributed by atoms with E-state index in [0.717, 1.165) is 16.7 Å². The van der Waals surface area contributed by atoms with Crippen molar-refractivity contribution in [3.05, 3.63) is 89.4 Å². The van der Waals surface area contributed by atoms with Gasteiger partial charge in [0.2, 0.25) is 5.89 Å². The predicted octanol–water partition coefficient (Wildman–Crippen LogP) is 6.03. The summed E-state index contributed by atoms with van der Waals surface area (Å²) in [4.78, 5) is 12.5. The van der Waals surface area contributed by atoms with Crippen molar-refractivity contribution in [2.45, 2.75) is 5.22 Å². The molecule has 6 heteroatoms. The summed E-state index contributed by atoms with van der Waals surface area (Å²) in [7, 11) is 0. The van der Waals surface area contributed by atoms with Crippen LogP contribution < -0.4 is 0 Å². The quantitative estimate of drug-likeness (QED) is 0.289. The van der Waals surface area contributed by atoms with Crippen LogP contribution in [0, 0.1) is 0 Å². The Morgan fingerprint density at radius 3 is 2.32 bits per heavy atom. The molecule has 4 nitrogen and oxygen atoms in total. The van der Waals surface area contributed by atoms with Gasteiger partial charge in [0.15, 0.2) is 5.78 Å². The van der Waals surface area contributed by atoms with Gasteiger partial charge in [0.1, 0.15) is 0 Å². The van der Waals surface area contributed by atoms with Gasteiger partial charge in [-0.15, -0.1) is 10.2 Å². The van der Waals surface area contributed by atoms with Crippen LogP contribution in [0.25, 0.3) is 22.6 Å². The molecule has 0 saturated carbocycles. The summed E-state index contributed by atoms with van der Waals surface area (Å²) in [5.74, 6) is 0.610. The van der Waals surface area contributed by atoms with Crippen LogP contribution in [0.3, 0.4) is 0 Å². The fraction of sp³-hybridized carbons (Fsp3) is 0.0455. The largest absolute Gasteiger partial charge is 0.411 e. The molecule has 0 spiro atoms. The Bertz CT molecular complexity index is 1090. The number of thioether (sulfide) groups is 1. The topological polar surface area (TPSA) is 56.0 Å². The highest BCUT2D eigenvalue weighted by molar-refractivity contribution is 7.99. The number of benzene rings is 3. The number of Topliss-reactive ketones (excluding diaryl/α,β-unsaturated/α-hetero) is 1. The van der Waals surface area contributed by atoms with Crippen molar-refractivity contribution in [3.8, 4) is 22.6 Å². The first-order valence-electron chi connectivity index (χ1n) is 8.60. The number of rotatable bonds is 6. The molecule has 138 valence electrons. The summed E-state index contributed by atoms with van der Waals surface area (Å²) in [5.41, 5.74) is 3.60. The monoisotopic (exact) mass is 406 g/mol. The van der Waals surface area contributed by atoms with Gasteiger partial charge < -0.3 is 4.42 Å². The molecule has 0 saturated heterocycles. The Hall–Kier alpha value is -2.89. The predicted molar refractivity (Wildman–Crippen MR) is 112 cm³/mol. The highest BCUT2D eigenvalue weighted by atomic mass is 35.5. The number of nitrogens with zero attached hydrogens (tertiary/aromatic N) is 2. The van der Waals surface area contributed by atoms with Crippen LogP contribution in [-0.4, -0.2) is 21.7 Å². The number of ketones is 1. The lowest BCUT2D eigenvalue weighted by Crippen LogP contribution is -2.02. The van der Waals surface area contributed by atoms with Crippen molar-refractivity contribution < 1.29 is 9.21 Å². The molecule has 0 unspecified atom stereocenters. The fourth-order valence-electron chi connectivity index (χ4n) is 2.70. The van der Waals surface area contributed by atoms with Crippen molar-refractivity contribution in [2.24, 2.45) is 0 Å². The van der Waals surface area contributed by atoms with Gasteiger partial charge in [-0.2, -0.15) is 0 Å². The second-order valence-electron chi connectivity index (χ2n) is 6.04. The molecule has 0 amide bonds. The number of hydrogen-bond acceptors (Lipinski definition) is 5. The van der Waals surface area contributed by atoms with Gasteiger partial charge in [0, 0.05) is 16.1 Å². The Labute approximate surface area is 171 Å². The molecule has 0 aliphatic carbocycles. The maximum Gasteiger partial charge on any atom is 0.277 e. The first-order valence-corrected chi connectivity index (χ1v) is 9.96. The fourth-order valence-corrected chi connectivity index (χ4v) is 3.54. The van der Waals surface area contributed by atoms with Crippen LogP contribution >= 0.6 is 23.4 Å². The summed E-state index contributed by atoms with van der Waals surface area (Å²) in [5, 5.41) is 8.96. The van der Waals surface area contributed by atoms with E-state index in [0.29, 0.717) is 21.7 Å². The third-order valence-corrected chi connectivity index (χ3v) is 5.17. The maximum atomic E-state index is 12.5. The zero-order chi connectivity index (χ0) is 19.3. The Morgan fingerprint density at radius 2 is 1.57 bits per heavy atom. The maximum absolute atomic E-state index is 12.5. The molecule has 0 radical (unpaired) electrons. The van der Waals surface area contributed by atoms with E-state index in [2.05, 4.69) is 10.2 Å². The molecule has 0 atom stereocenters. The van der Waals surface area contributed by atoms with E-state index < -0.39 is 0 Å². The standard InChI is InChI=1S/C22H15ClN2O2S/c23-19-8-4-7-18(13-19)21-24-25-22(27-21)28-14-20(26)17-11-9-16(10-12-17)15-5-2-1-3-6-15/h1-13H,14H2. The van der Waals surface area contributed by atoms with E-state index in [-0.39, 0.29) is 11.5 Å². The van der Waals surface area contributed by atoms with E-state index >= 15 is 0 Å². The molecule has 0 fully saturated rings. The number of hydrogen-bond donors (Lipinski definition) is 0. The molecule has 0 aliphatic rings. The van der Waals surface area contributed by atoms with Crippen LogP contribution in [0.1, 0.15) is 10.4 Å². The second kappa shape index (κ2) is 8.42. The zero-order valence-corrected chi connectivity index (χ0v) is 16.3. The second-order valence-corrected chi connectivity index (χ2v) is 7.40. The van der Waals surface area contributed by atoms with Gasteiger partial charge in [0.25, 0.3) is 5.22 Å². The van der Waals surface area contributed by atoms with Crippen molar-refractivity contribution in [3.63, 3.8) is 0 Å². The molecule has 1 heterocycles. The first-order chi connectivity index (χ1) is 13.7. The van der Waals surface area contributed by atoms with Crippen molar-refractivity contribution in [1.29, 1.82) is 0 Å². The third kappa shape index (κ3) is 4.32. The van der Waals surface area contributed by atoms with Crippen LogP contribution in [0.4, 0.5) is 0 Å². The van der Waals surface area contributed by atoms with Gasteiger partial charge in [0.05, 0.1) is 5.75 Å². The molecule has 28 heavy (non-hydrogen) atoms. The molecule has 3 aromatic carbocycles. The smallest absolute Gasteiger partial charge is 0.277 e. The number of carbonyl (C=O) groups is 1. The highest BCUT2D eigenvalue weighted by Crippen LogP contribution is 2.26. The lowest BCUT2D eigenvalue weighted by Gasteiger charge is -2.03. The van der Waals surface area contributed by atoms with Crippen molar-refractivity contribution in [1.82, 2.24) is 10.2 Å². The van der Waals surface area contributed by atoms with Crippen LogP contribution in [0.2, 0.25) is 5.02 Å². The minimum absolute atomic E-state index is 0.00659. The molecule has 0 bridgehead atoms. The van der Waals surface area contributed by atoms with E-state index in [1.54, 1.807) is 12.1 Å². The first kappa shape index (κ1) is 18.5. The lowest BCUT2D eigenvalue weighted by molar-refractivity contribution is 0.102. The summed E-state index contributed by atoms with van der Waals surface area (Å²) < 4.78 is 5.62. The third-order valence-electron chi connectivity index (χ3n) is 4.12. The lowest BCUT2D eigenvalue weighted by atomic mass is 10.0. The Balaban J connectivity index is 1.39. The van der Waals surface area contributed by atoms with E-state index in [1.807, 2.05) is 66.7 Å². The molecular formula is C22H15ClN2O2S. The Kier molecular flexibility index (Phi) is 5.55. The average molecular weight is 407 g/mol. The highest BCUT2D eigenvalue weighted by Gasteiger charge is 2.13. The Morgan fingerprint density at radius 1 is 0.857 bits per heavy atom. The van der Waals surface area contributed by atoms with Crippen molar-refractivity contribution in [2.75, 3.05) is 5.75 Å². The molecule has 1 aromatic heterocycles.